The van der Waals surface area contributed by atoms with Gasteiger partial charge in [0.2, 0.25) is 5.95 Å². The Balaban J connectivity index is 1.68. The molecule has 0 radical (unpaired) electrons. The summed E-state index contributed by atoms with van der Waals surface area (Å²) in [6.45, 7) is 4.64. The van der Waals surface area contributed by atoms with E-state index in [0.717, 1.165) is 37.4 Å². The molecule has 0 saturated carbocycles. The number of methoxy groups -OCH3 is 1. The third-order valence-electron chi connectivity index (χ3n) is 5.48. The molecule has 1 aromatic carbocycles. The summed E-state index contributed by atoms with van der Waals surface area (Å²) in [6, 6.07) is 7.61. The Hall–Kier alpha value is -3.13. The number of nitrogens with two attached hydrogens (primary N) is 1. The van der Waals surface area contributed by atoms with E-state index in [1.165, 1.54) is 17.8 Å². The molecular formula is C21H26N6O2. The Morgan fingerprint density at radius 1 is 1.31 bits per heavy atom. The number of piperidine rings is 1. The molecule has 152 valence electrons. The number of fused-ring (bicyclic) bond motifs is 1. The van der Waals surface area contributed by atoms with Crippen LogP contribution >= 0.6 is 0 Å². The first-order chi connectivity index (χ1) is 14.1. The number of pyridine rings is 1. The first kappa shape index (κ1) is 19.2. The zero-order valence-electron chi connectivity index (χ0n) is 16.7. The Morgan fingerprint density at radius 3 is 2.83 bits per heavy atom. The summed E-state index contributed by atoms with van der Waals surface area (Å²) in [7, 11) is 1.66. The molecule has 0 unspecified atom stereocenters. The van der Waals surface area contributed by atoms with Gasteiger partial charge in [-0.3, -0.25) is 4.79 Å². The van der Waals surface area contributed by atoms with Crippen LogP contribution in [0.3, 0.4) is 0 Å². The van der Waals surface area contributed by atoms with Crippen molar-refractivity contribution in [3.8, 4) is 5.75 Å². The summed E-state index contributed by atoms with van der Waals surface area (Å²) in [5.74, 6) is 2.06. The Morgan fingerprint density at radius 2 is 2.10 bits per heavy atom. The van der Waals surface area contributed by atoms with E-state index in [-0.39, 0.29) is 5.43 Å². The van der Waals surface area contributed by atoms with Gasteiger partial charge < -0.3 is 25.7 Å². The maximum atomic E-state index is 12.2. The van der Waals surface area contributed by atoms with Gasteiger partial charge in [0.25, 0.3) is 0 Å². The molecule has 0 bridgehead atoms. The van der Waals surface area contributed by atoms with E-state index < -0.39 is 0 Å². The van der Waals surface area contributed by atoms with Gasteiger partial charge in [-0.2, -0.15) is 4.98 Å². The molecule has 0 aliphatic carbocycles. The molecule has 8 nitrogen and oxygen atoms in total. The van der Waals surface area contributed by atoms with Gasteiger partial charge in [-0.1, -0.05) is 6.07 Å². The Bertz CT molecular complexity index is 1090. The minimum absolute atomic E-state index is 0.183. The molecule has 4 N–H and O–H groups in total. The van der Waals surface area contributed by atoms with Crippen LogP contribution in [0.4, 0.5) is 17.5 Å². The number of rotatable bonds is 5. The van der Waals surface area contributed by atoms with Gasteiger partial charge in [0, 0.05) is 18.8 Å². The lowest BCUT2D eigenvalue weighted by Crippen LogP contribution is -2.26. The van der Waals surface area contributed by atoms with Gasteiger partial charge in [-0.25, -0.2) is 4.98 Å². The molecule has 0 amide bonds. The maximum absolute atomic E-state index is 12.2. The Labute approximate surface area is 169 Å². The molecule has 1 aliphatic heterocycles. The molecule has 1 saturated heterocycles. The van der Waals surface area contributed by atoms with Gasteiger partial charge in [0.1, 0.15) is 11.6 Å². The van der Waals surface area contributed by atoms with Crippen LogP contribution in [0.15, 0.2) is 35.3 Å². The molecule has 1 aliphatic rings. The first-order valence-corrected chi connectivity index (χ1v) is 9.92. The smallest absolute Gasteiger partial charge is 0.229 e. The van der Waals surface area contributed by atoms with Crippen LogP contribution in [0, 0.1) is 0 Å². The van der Waals surface area contributed by atoms with Crippen molar-refractivity contribution >= 4 is 28.5 Å². The number of hydrogen-bond donors (Lipinski definition) is 3. The number of ether oxygens (including phenoxy) is 1. The predicted molar refractivity (Wildman–Crippen MR) is 115 cm³/mol. The van der Waals surface area contributed by atoms with Crippen LogP contribution in [0.1, 0.15) is 31.2 Å². The second kappa shape index (κ2) is 8.08. The van der Waals surface area contributed by atoms with Crippen LogP contribution < -0.4 is 26.5 Å². The van der Waals surface area contributed by atoms with Gasteiger partial charge in [-0.05, 0) is 56.5 Å². The lowest BCUT2D eigenvalue weighted by atomic mass is 9.90. The van der Waals surface area contributed by atoms with Crippen molar-refractivity contribution in [1.29, 1.82) is 0 Å². The highest BCUT2D eigenvalue weighted by molar-refractivity contribution is 5.78. The second-order valence-corrected chi connectivity index (χ2v) is 7.22. The number of hydrogen-bond acceptors (Lipinski definition) is 7. The summed E-state index contributed by atoms with van der Waals surface area (Å²) < 4.78 is 7.40. The van der Waals surface area contributed by atoms with Gasteiger partial charge in [-0.15, -0.1) is 0 Å². The quantitative estimate of drug-likeness (QED) is 0.610. The highest BCUT2D eigenvalue weighted by Crippen LogP contribution is 2.33. The first-order valence-electron chi connectivity index (χ1n) is 9.92. The summed E-state index contributed by atoms with van der Waals surface area (Å²) >= 11 is 0. The number of benzene rings is 1. The third kappa shape index (κ3) is 3.75. The highest BCUT2D eigenvalue weighted by Gasteiger charge is 2.17. The summed E-state index contributed by atoms with van der Waals surface area (Å²) in [5, 5.41) is 7.06. The summed E-state index contributed by atoms with van der Waals surface area (Å²) in [6.07, 6.45) is 3.79. The molecule has 0 spiro atoms. The van der Waals surface area contributed by atoms with Crippen LogP contribution in [0.2, 0.25) is 0 Å². The molecular weight excluding hydrogens is 368 g/mol. The van der Waals surface area contributed by atoms with E-state index in [1.807, 2.05) is 13.0 Å². The average Bonchev–Trinajstić information content (AvgIpc) is 2.75. The maximum Gasteiger partial charge on any atom is 0.229 e. The van der Waals surface area contributed by atoms with Crippen LogP contribution in [-0.2, 0) is 6.54 Å². The Kier molecular flexibility index (Phi) is 5.35. The highest BCUT2D eigenvalue weighted by atomic mass is 16.5. The monoisotopic (exact) mass is 394 g/mol. The van der Waals surface area contributed by atoms with Crippen molar-refractivity contribution in [1.82, 2.24) is 19.9 Å². The van der Waals surface area contributed by atoms with Crippen molar-refractivity contribution in [2.75, 3.05) is 31.2 Å². The zero-order chi connectivity index (χ0) is 20.4. The lowest BCUT2D eigenvalue weighted by Gasteiger charge is -2.24. The number of aromatic nitrogens is 3. The topological polar surface area (TPSA) is 107 Å². The SMILES string of the molecule is CCn1c(N)cc(=O)c2cnc(Nc3ccc(C4CCNCC4)cc3OC)nc21. The number of nitrogens with zero attached hydrogens (tertiary/aromatic N) is 3. The lowest BCUT2D eigenvalue weighted by molar-refractivity contribution is 0.413. The molecule has 0 atom stereocenters. The molecule has 29 heavy (non-hydrogen) atoms. The molecule has 1 fully saturated rings. The normalized spacial score (nSPS) is 14.8. The summed E-state index contributed by atoms with van der Waals surface area (Å²) in [4.78, 5) is 21.1. The average molecular weight is 394 g/mol. The molecule has 2 aromatic heterocycles. The van der Waals surface area contributed by atoms with E-state index >= 15 is 0 Å². The number of anilines is 3. The van der Waals surface area contributed by atoms with Crippen molar-refractivity contribution in [2.45, 2.75) is 32.2 Å². The molecule has 8 heteroatoms. The van der Waals surface area contributed by atoms with E-state index in [4.69, 9.17) is 10.5 Å². The fourth-order valence-electron chi connectivity index (χ4n) is 3.90. The number of nitrogen functional groups attached to an aromatic ring is 1. The van der Waals surface area contributed by atoms with Crippen molar-refractivity contribution in [3.63, 3.8) is 0 Å². The number of nitrogens with one attached hydrogen (secondary N) is 2. The van der Waals surface area contributed by atoms with Gasteiger partial charge in [0.05, 0.1) is 18.2 Å². The van der Waals surface area contributed by atoms with E-state index in [2.05, 4.69) is 32.7 Å². The minimum atomic E-state index is -0.183. The standard InChI is InChI=1S/C21H26N6O2/c1-3-27-19(22)11-17(28)15-12-24-21(26-20(15)27)25-16-5-4-14(10-18(16)29-2)13-6-8-23-9-7-13/h4-5,10-13,23H,3,6-9,22H2,1-2H3,(H,24,25,26). The molecule has 3 heterocycles. The van der Waals surface area contributed by atoms with Crippen molar-refractivity contribution in [2.24, 2.45) is 0 Å². The fourth-order valence-corrected chi connectivity index (χ4v) is 3.90. The molecule has 3 aromatic rings. The molecule has 4 rings (SSSR count). The van der Waals surface area contributed by atoms with Crippen LogP contribution in [0.25, 0.3) is 11.0 Å². The van der Waals surface area contributed by atoms with Crippen LogP contribution in [-0.4, -0.2) is 34.7 Å². The number of aryl methyl sites for hydroxylation is 1. The van der Waals surface area contributed by atoms with E-state index in [1.54, 1.807) is 11.7 Å². The largest absolute Gasteiger partial charge is 0.495 e. The minimum Gasteiger partial charge on any atom is -0.495 e. The zero-order valence-corrected chi connectivity index (χ0v) is 16.7. The fraction of sp³-hybridized carbons (Fsp3) is 0.381. The predicted octanol–water partition coefficient (Wildman–Crippen LogP) is 2.61. The summed E-state index contributed by atoms with van der Waals surface area (Å²) in [5.41, 5.74) is 8.38. The van der Waals surface area contributed by atoms with Gasteiger partial charge >= 0.3 is 0 Å². The van der Waals surface area contributed by atoms with E-state index in [9.17, 15) is 4.79 Å². The van der Waals surface area contributed by atoms with Crippen molar-refractivity contribution in [3.05, 3.63) is 46.2 Å². The van der Waals surface area contributed by atoms with Crippen molar-refractivity contribution < 1.29 is 4.74 Å². The third-order valence-corrected chi connectivity index (χ3v) is 5.48. The van der Waals surface area contributed by atoms with Crippen LogP contribution in [0.5, 0.6) is 5.75 Å². The van der Waals surface area contributed by atoms with Gasteiger partial charge in [0.15, 0.2) is 11.1 Å². The second-order valence-electron chi connectivity index (χ2n) is 7.22. The van der Waals surface area contributed by atoms with E-state index in [0.29, 0.717) is 35.3 Å².